The van der Waals surface area contributed by atoms with Gasteiger partial charge in [0, 0.05) is 25.7 Å². The molecule has 0 amide bonds. The van der Waals surface area contributed by atoms with Gasteiger partial charge in [0.15, 0.2) is 0 Å². The van der Waals surface area contributed by atoms with E-state index < -0.39 is 5.97 Å². The lowest BCUT2D eigenvalue weighted by Crippen LogP contribution is -2.33. The molecule has 0 aliphatic carbocycles. The largest absolute Gasteiger partial charge is 0.478 e. The molecule has 6 nitrogen and oxygen atoms in total. The number of hydrogen-bond donors (Lipinski definition) is 1. The molecule has 0 atom stereocenters. The molecule has 0 fully saturated rings. The van der Waals surface area contributed by atoms with E-state index in [1.165, 1.54) is 6.08 Å². The van der Waals surface area contributed by atoms with Crippen molar-refractivity contribution >= 4 is 5.97 Å². The second-order valence-corrected chi connectivity index (χ2v) is 3.42. The van der Waals surface area contributed by atoms with E-state index in [1.54, 1.807) is 12.4 Å². The fraction of sp³-hybridized carbons (Fsp3) is 0.444. The second kappa shape index (κ2) is 4.22. The van der Waals surface area contributed by atoms with Crippen molar-refractivity contribution in [2.45, 2.75) is 13.1 Å². The standard InChI is InChI=1S/C9H12N4O2/c14-9(15)2-1-3-12-4-5-13-7-10-11-8(13)6-12/h1-2,7H,3-6H2,(H,14,15)/b2-1+. The normalized spacial score (nSPS) is 16.8. The SMILES string of the molecule is O=C(O)/C=C/CN1CCn2cnnc2C1. The number of fused-ring (bicyclic) bond motifs is 1. The minimum absolute atomic E-state index is 0.638. The molecule has 6 heteroatoms. The lowest BCUT2D eigenvalue weighted by molar-refractivity contribution is -0.131. The van der Waals surface area contributed by atoms with Crippen LogP contribution in [0.3, 0.4) is 0 Å². The van der Waals surface area contributed by atoms with Gasteiger partial charge in [-0.1, -0.05) is 6.08 Å². The van der Waals surface area contributed by atoms with Crippen molar-refractivity contribution in [1.82, 2.24) is 19.7 Å². The van der Waals surface area contributed by atoms with E-state index in [0.717, 1.165) is 25.5 Å². The first-order chi connectivity index (χ1) is 7.25. The maximum atomic E-state index is 10.3. The lowest BCUT2D eigenvalue weighted by Gasteiger charge is -2.25. The number of hydrogen-bond acceptors (Lipinski definition) is 4. The Morgan fingerprint density at radius 2 is 2.47 bits per heavy atom. The van der Waals surface area contributed by atoms with E-state index in [-0.39, 0.29) is 0 Å². The number of carboxylic acids is 1. The number of nitrogens with zero attached hydrogens (tertiary/aromatic N) is 4. The molecule has 0 bridgehead atoms. The Labute approximate surface area is 86.8 Å². The van der Waals surface area contributed by atoms with Gasteiger partial charge < -0.3 is 9.67 Å². The maximum Gasteiger partial charge on any atom is 0.328 e. The van der Waals surface area contributed by atoms with Crippen LogP contribution < -0.4 is 0 Å². The summed E-state index contributed by atoms with van der Waals surface area (Å²) < 4.78 is 2.01. The van der Waals surface area contributed by atoms with Gasteiger partial charge in [-0.2, -0.15) is 0 Å². The molecule has 80 valence electrons. The van der Waals surface area contributed by atoms with Crippen molar-refractivity contribution in [3.8, 4) is 0 Å². The summed E-state index contributed by atoms with van der Waals surface area (Å²) in [5.41, 5.74) is 0. The van der Waals surface area contributed by atoms with Crippen molar-refractivity contribution < 1.29 is 9.90 Å². The van der Waals surface area contributed by atoms with Gasteiger partial charge in [0.1, 0.15) is 12.2 Å². The summed E-state index contributed by atoms with van der Waals surface area (Å²) in [5.74, 6) is 0.0279. The van der Waals surface area contributed by atoms with Gasteiger partial charge in [-0.3, -0.25) is 4.90 Å². The molecule has 1 aliphatic rings. The monoisotopic (exact) mass is 208 g/mol. The van der Waals surface area contributed by atoms with Gasteiger partial charge in [0.05, 0.1) is 6.54 Å². The molecular weight excluding hydrogens is 196 g/mol. The van der Waals surface area contributed by atoms with E-state index in [2.05, 4.69) is 15.1 Å². The Morgan fingerprint density at radius 3 is 3.27 bits per heavy atom. The molecule has 1 aromatic heterocycles. The lowest BCUT2D eigenvalue weighted by atomic mass is 10.3. The van der Waals surface area contributed by atoms with Crippen LogP contribution in [0.4, 0.5) is 0 Å². The number of carbonyl (C=O) groups is 1. The Bertz CT molecular complexity index is 385. The molecule has 2 rings (SSSR count). The Kier molecular flexibility index (Phi) is 2.77. The van der Waals surface area contributed by atoms with Crippen LogP contribution in [0, 0.1) is 0 Å². The Hall–Kier alpha value is -1.69. The average molecular weight is 208 g/mol. The second-order valence-electron chi connectivity index (χ2n) is 3.42. The molecule has 0 unspecified atom stereocenters. The molecule has 0 saturated heterocycles. The van der Waals surface area contributed by atoms with E-state index in [9.17, 15) is 4.79 Å². The summed E-state index contributed by atoms with van der Waals surface area (Å²) in [4.78, 5) is 12.4. The quantitative estimate of drug-likeness (QED) is 0.692. The highest BCUT2D eigenvalue weighted by atomic mass is 16.4. The van der Waals surface area contributed by atoms with Gasteiger partial charge in [0.2, 0.25) is 0 Å². The van der Waals surface area contributed by atoms with Crippen LogP contribution in [0.1, 0.15) is 5.82 Å². The average Bonchev–Trinajstić information content (AvgIpc) is 2.64. The van der Waals surface area contributed by atoms with Gasteiger partial charge in [-0.25, -0.2) is 4.79 Å². The number of aliphatic carboxylic acids is 1. The van der Waals surface area contributed by atoms with Gasteiger partial charge >= 0.3 is 5.97 Å². The molecule has 2 heterocycles. The third-order valence-electron chi connectivity index (χ3n) is 2.34. The summed E-state index contributed by atoms with van der Waals surface area (Å²) in [6.45, 7) is 3.13. The Morgan fingerprint density at radius 1 is 1.60 bits per heavy atom. The summed E-state index contributed by atoms with van der Waals surface area (Å²) in [6.07, 6.45) is 4.54. The smallest absolute Gasteiger partial charge is 0.328 e. The Balaban J connectivity index is 1.90. The number of rotatable bonds is 3. The fourth-order valence-corrected chi connectivity index (χ4v) is 1.57. The summed E-state index contributed by atoms with van der Waals surface area (Å²) >= 11 is 0. The van der Waals surface area contributed by atoms with Crippen molar-refractivity contribution in [2.75, 3.05) is 13.1 Å². The molecule has 0 radical (unpaired) electrons. The van der Waals surface area contributed by atoms with Crippen LogP contribution in [0.25, 0.3) is 0 Å². The molecule has 15 heavy (non-hydrogen) atoms. The minimum atomic E-state index is -0.907. The van der Waals surface area contributed by atoms with Crippen LogP contribution in [0.15, 0.2) is 18.5 Å². The number of aromatic nitrogens is 3. The summed E-state index contributed by atoms with van der Waals surface area (Å²) in [5, 5.41) is 16.2. The van der Waals surface area contributed by atoms with E-state index in [1.807, 2.05) is 4.57 Å². The highest BCUT2D eigenvalue weighted by Gasteiger charge is 2.15. The predicted molar refractivity (Wildman–Crippen MR) is 52.1 cm³/mol. The summed E-state index contributed by atoms with van der Waals surface area (Å²) in [7, 11) is 0. The van der Waals surface area contributed by atoms with E-state index >= 15 is 0 Å². The first kappa shape index (κ1) is 9.85. The van der Waals surface area contributed by atoms with Crippen LogP contribution in [0.5, 0.6) is 0 Å². The minimum Gasteiger partial charge on any atom is -0.478 e. The fourth-order valence-electron chi connectivity index (χ4n) is 1.57. The van der Waals surface area contributed by atoms with E-state index in [4.69, 9.17) is 5.11 Å². The van der Waals surface area contributed by atoms with E-state index in [0.29, 0.717) is 6.54 Å². The van der Waals surface area contributed by atoms with Crippen molar-refractivity contribution in [1.29, 1.82) is 0 Å². The zero-order chi connectivity index (χ0) is 10.7. The topological polar surface area (TPSA) is 71.2 Å². The third-order valence-corrected chi connectivity index (χ3v) is 2.34. The maximum absolute atomic E-state index is 10.3. The highest BCUT2D eigenvalue weighted by Crippen LogP contribution is 2.08. The van der Waals surface area contributed by atoms with Crippen LogP contribution in [-0.4, -0.2) is 43.8 Å². The third kappa shape index (κ3) is 2.41. The number of carboxylic acid groups (broad SMARTS) is 1. The first-order valence-electron chi connectivity index (χ1n) is 4.74. The van der Waals surface area contributed by atoms with Gasteiger partial charge in [0.25, 0.3) is 0 Å². The van der Waals surface area contributed by atoms with Crippen molar-refractivity contribution in [2.24, 2.45) is 0 Å². The summed E-state index contributed by atoms with van der Waals surface area (Å²) in [6, 6.07) is 0. The molecule has 0 saturated carbocycles. The van der Waals surface area contributed by atoms with Crippen LogP contribution >= 0.6 is 0 Å². The van der Waals surface area contributed by atoms with Gasteiger partial charge in [-0.15, -0.1) is 10.2 Å². The highest BCUT2D eigenvalue weighted by molar-refractivity contribution is 5.79. The van der Waals surface area contributed by atoms with Crippen molar-refractivity contribution in [3.05, 3.63) is 24.3 Å². The zero-order valence-electron chi connectivity index (χ0n) is 8.20. The molecule has 0 aromatic carbocycles. The first-order valence-corrected chi connectivity index (χ1v) is 4.74. The molecule has 1 aromatic rings. The van der Waals surface area contributed by atoms with Crippen LogP contribution in [0.2, 0.25) is 0 Å². The van der Waals surface area contributed by atoms with Crippen LogP contribution in [-0.2, 0) is 17.9 Å². The van der Waals surface area contributed by atoms with Crippen molar-refractivity contribution in [3.63, 3.8) is 0 Å². The zero-order valence-corrected chi connectivity index (χ0v) is 8.20. The molecule has 1 aliphatic heterocycles. The van der Waals surface area contributed by atoms with Gasteiger partial charge in [-0.05, 0) is 0 Å². The molecular formula is C9H12N4O2. The predicted octanol–water partition coefficient (Wildman–Crippen LogP) is -0.266. The molecule has 0 spiro atoms. The molecule has 1 N–H and O–H groups in total.